The summed E-state index contributed by atoms with van der Waals surface area (Å²) in [4.78, 5) is 12.8. The van der Waals surface area contributed by atoms with Crippen LogP contribution in [0.15, 0.2) is 4.90 Å². The van der Waals surface area contributed by atoms with Gasteiger partial charge < -0.3 is 4.90 Å². The van der Waals surface area contributed by atoms with E-state index in [1.807, 2.05) is 6.92 Å². The van der Waals surface area contributed by atoms with Crippen LogP contribution in [0.3, 0.4) is 0 Å². The van der Waals surface area contributed by atoms with Gasteiger partial charge in [-0.3, -0.25) is 9.89 Å². The molecular weight excluding hydrogens is 266 g/mol. The summed E-state index contributed by atoms with van der Waals surface area (Å²) in [7, 11) is 4.38. The van der Waals surface area contributed by atoms with Gasteiger partial charge in [0.2, 0.25) is 0 Å². The first kappa shape index (κ1) is 14.0. The number of aryl methyl sites for hydroxylation is 1. The minimum Gasteiger partial charge on any atom is -0.343 e. The minimum atomic E-state index is -3.99. The molecule has 8 heteroatoms. The summed E-state index contributed by atoms with van der Waals surface area (Å²) < 4.78 is 22.9. The van der Waals surface area contributed by atoms with Crippen molar-refractivity contribution in [2.45, 2.75) is 24.7 Å². The molecule has 0 aromatic carbocycles. The third-order valence-electron chi connectivity index (χ3n) is 2.14. The molecule has 1 aromatic heterocycles. The molecule has 0 unspecified atom stereocenters. The Bertz CT molecular complexity index is 522. The number of nitrogens with zero attached hydrogens (tertiary/aromatic N) is 2. The lowest BCUT2D eigenvalue weighted by atomic mass is 10.2. The van der Waals surface area contributed by atoms with E-state index in [1.54, 1.807) is 0 Å². The number of carbonyl (C=O) groups excluding carboxylic acids is 1. The van der Waals surface area contributed by atoms with Crippen molar-refractivity contribution < 1.29 is 13.2 Å². The molecule has 0 saturated carbocycles. The smallest absolute Gasteiger partial charge is 0.275 e. The highest BCUT2D eigenvalue weighted by atomic mass is 35.7. The SMILES string of the molecule is CCCc1[nH]nc(C(=O)N(C)C)c1S(=O)(=O)Cl. The van der Waals surface area contributed by atoms with E-state index < -0.39 is 15.0 Å². The van der Waals surface area contributed by atoms with Crippen LogP contribution in [-0.2, 0) is 15.5 Å². The molecule has 0 bridgehead atoms. The number of aromatic nitrogens is 2. The van der Waals surface area contributed by atoms with Gasteiger partial charge in [0.1, 0.15) is 4.90 Å². The van der Waals surface area contributed by atoms with Crippen molar-refractivity contribution in [1.82, 2.24) is 15.1 Å². The zero-order chi connectivity index (χ0) is 13.2. The molecule has 1 amide bonds. The van der Waals surface area contributed by atoms with Crippen molar-refractivity contribution >= 4 is 25.6 Å². The Labute approximate surface area is 104 Å². The number of nitrogens with one attached hydrogen (secondary N) is 1. The number of hydrogen-bond acceptors (Lipinski definition) is 4. The van der Waals surface area contributed by atoms with Crippen LogP contribution in [0.2, 0.25) is 0 Å². The number of H-pyrrole nitrogens is 1. The van der Waals surface area contributed by atoms with Crippen LogP contribution in [0.5, 0.6) is 0 Å². The van der Waals surface area contributed by atoms with Gasteiger partial charge in [-0.15, -0.1) is 0 Å². The first-order valence-corrected chi connectivity index (χ1v) is 7.33. The molecule has 0 fully saturated rings. The lowest BCUT2D eigenvalue weighted by Crippen LogP contribution is -2.23. The fourth-order valence-electron chi connectivity index (χ4n) is 1.41. The fourth-order valence-corrected chi connectivity index (χ4v) is 2.71. The second-order valence-corrected chi connectivity index (χ2v) is 6.27. The molecular formula is C9H14ClN3O3S. The number of carbonyl (C=O) groups is 1. The maximum atomic E-state index is 11.7. The zero-order valence-electron chi connectivity index (χ0n) is 9.82. The standard InChI is InChI=1S/C9H14ClN3O3S/c1-4-5-6-8(17(10,15)16)7(12-11-6)9(14)13(2)3/h4-5H2,1-3H3,(H,11,12). The molecule has 96 valence electrons. The van der Waals surface area contributed by atoms with E-state index in [1.165, 1.54) is 19.0 Å². The molecule has 0 aliphatic carbocycles. The van der Waals surface area contributed by atoms with E-state index in [2.05, 4.69) is 10.2 Å². The Balaban J connectivity index is 3.38. The highest BCUT2D eigenvalue weighted by molar-refractivity contribution is 8.13. The van der Waals surface area contributed by atoms with Gasteiger partial charge in [0.25, 0.3) is 15.0 Å². The first-order chi connectivity index (χ1) is 7.79. The second kappa shape index (κ2) is 5.05. The number of amides is 1. The molecule has 0 saturated heterocycles. The lowest BCUT2D eigenvalue weighted by molar-refractivity contribution is 0.0818. The zero-order valence-corrected chi connectivity index (χ0v) is 11.4. The highest BCUT2D eigenvalue weighted by Crippen LogP contribution is 2.24. The topological polar surface area (TPSA) is 83.1 Å². The summed E-state index contributed by atoms with van der Waals surface area (Å²) in [5, 5.41) is 6.30. The number of aromatic amines is 1. The summed E-state index contributed by atoms with van der Waals surface area (Å²) in [6.07, 6.45) is 1.19. The van der Waals surface area contributed by atoms with Gasteiger partial charge in [0, 0.05) is 24.8 Å². The van der Waals surface area contributed by atoms with Crippen molar-refractivity contribution in [3.63, 3.8) is 0 Å². The predicted molar refractivity (Wildman–Crippen MR) is 63.6 cm³/mol. The van der Waals surface area contributed by atoms with Crippen LogP contribution in [0.4, 0.5) is 0 Å². The van der Waals surface area contributed by atoms with Crippen molar-refractivity contribution in [1.29, 1.82) is 0 Å². The van der Waals surface area contributed by atoms with Gasteiger partial charge in [0.05, 0.1) is 5.69 Å². The van der Waals surface area contributed by atoms with Crippen LogP contribution in [-0.4, -0.2) is 43.5 Å². The number of rotatable bonds is 4. The maximum Gasteiger partial charge on any atom is 0.275 e. The molecule has 0 spiro atoms. The minimum absolute atomic E-state index is 0.159. The molecule has 1 aromatic rings. The van der Waals surface area contributed by atoms with Crippen molar-refractivity contribution in [2.24, 2.45) is 0 Å². The lowest BCUT2D eigenvalue weighted by Gasteiger charge is -2.08. The molecule has 1 N–H and O–H groups in total. The Morgan fingerprint density at radius 2 is 2.06 bits per heavy atom. The van der Waals surface area contributed by atoms with Gasteiger partial charge in [-0.05, 0) is 6.42 Å². The highest BCUT2D eigenvalue weighted by Gasteiger charge is 2.28. The predicted octanol–water partition coefficient (Wildman–Crippen LogP) is 0.992. The first-order valence-electron chi connectivity index (χ1n) is 5.02. The average molecular weight is 280 g/mol. The van der Waals surface area contributed by atoms with Gasteiger partial charge >= 0.3 is 0 Å². The average Bonchev–Trinajstić information content (AvgIpc) is 2.60. The van der Waals surface area contributed by atoms with Crippen LogP contribution < -0.4 is 0 Å². The summed E-state index contributed by atoms with van der Waals surface area (Å²) in [5.41, 5.74) is 0.209. The van der Waals surface area contributed by atoms with Gasteiger partial charge in [-0.2, -0.15) is 5.10 Å². The monoisotopic (exact) mass is 279 g/mol. The molecule has 6 nitrogen and oxygen atoms in total. The van der Waals surface area contributed by atoms with Gasteiger partial charge in [-0.1, -0.05) is 13.3 Å². The molecule has 0 atom stereocenters. The summed E-state index contributed by atoms with van der Waals surface area (Å²) in [6.45, 7) is 1.89. The van der Waals surface area contributed by atoms with E-state index in [9.17, 15) is 13.2 Å². The molecule has 1 heterocycles. The molecule has 17 heavy (non-hydrogen) atoms. The van der Waals surface area contributed by atoms with E-state index >= 15 is 0 Å². The fraction of sp³-hybridized carbons (Fsp3) is 0.556. The van der Waals surface area contributed by atoms with Gasteiger partial charge in [-0.25, -0.2) is 8.42 Å². The van der Waals surface area contributed by atoms with Crippen molar-refractivity contribution in [2.75, 3.05) is 14.1 Å². The van der Waals surface area contributed by atoms with Crippen molar-refractivity contribution in [3.05, 3.63) is 11.4 Å². The van der Waals surface area contributed by atoms with E-state index in [-0.39, 0.29) is 10.6 Å². The largest absolute Gasteiger partial charge is 0.343 e. The van der Waals surface area contributed by atoms with Crippen LogP contribution in [0.25, 0.3) is 0 Å². The van der Waals surface area contributed by atoms with Crippen LogP contribution >= 0.6 is 10.7 Å². The van der Waals surface area contributed by atoms with E-state index in [0.29, 0.717) is 12.1 Å². The third kappa shape index (κ3) is 2.98. The maximum absolute atomic E-state index is 11.7. The Morgan fingerprint density at radius 1 is 1.47 bits per heavy atom. The summed E-state index contributed by atoms with van der Waals surface area (Å²) >= 11 is 0. The molecule has 0 aliphatic rings. The van der Waals surface area contributed by atoms with Crippen LogP contribution in [0.1, 0.15) is 29.5 Å². The van der Waals surface area contributed by atoms with Gasteiger partial charge in [0.15, 0.2) is 5.69 Å². The number of hydrogen-bond donors (Lipinski definition) is 1. The second-order valence-electron chi connectivity index (χ2n) is 3.77. The molecule has 0 radical (unpaired) electrons. The normalized spacial score (nSPS) is 11.5. The molecule has 1 rings (SSSR count). The summed E-state index contributed by atoms with van der Waals surface area (Å²) in [6, 6.07) is 0. The summed E-state index contributed by atoms with van der Waals surface area (Å²) in [5.74, 6) is -0.497. The Hall–Kier alpha value is -1.08. The third-order valence-corrected chi connectivity index (χ3v) is 3.53. The van der Waals surface area contributed by atoms with E-state index in [4.69, 9.17) is 10.7 Å². The quantitative estimate of drug-likeness (QED) is 0.833. The van der Waals surface area contributed by atoms with Crippen molar-refractivity contribution in [3.8, 4) is 0 Å². The number of halogens is 1. The Kier molecular flexibility index (Phi) is 4.16. The molecule has 0 aliphatic heterocycles. The van der Waals surface area contributed by atoms with Crippen LogP contribution in [0, 0.1) is 0 Å². The van der Waals surface area contributed by atoms with E-state index in [0.717, 1.165) is 6.42 Å². The Morgan fingerprint density at radius 3 is 2.47 bits per heavy atom.